The first-order valence-electron chi connectivity index (χ1n) is 10.9. The summed E-state index contributed by atoms with van der Waals surface area (Å²) >= 11 is 0. The molecule has 1 aromatic rings. The number of benzene rings is 1. The van der Waals surface area contributed by atoms with Crippen molar-refractivity contribution in [3.8, 4) is 11.5 Å². The number of rotatable bonds is 17. The normalized spacial score (nSPS) is 10.7. The Morgan fingerprint density at radius 1 is 0.704 bits per heavy atom. The van der Waals surface area contributed by atoms with Crippen LogP contribution in [0.25, 0.3) is 0 Å². The molecule has 1 N–H and O–H groups in total. The van der Waals surface area contributed by atoms with Crippen molar-refractivity contribution in [3.63, 3.8) is 0 Å². The molecule has 1 rings (SSSR count). The van der Waals surface area contributed by atoms with Crippen molar-refractivity contribution in [1.82, 2.24) is 0 Å². The van der Waals surface area contributed by atoms with Gasteiger partial charge in [0.25, 0.3) is 0 Å². The van der Waals surface area contributed by atoms with Crippen LogP contribution in [0.15, 0.2) is 24.3 Å². The summed E-state index contributed by atoms with van der Waals surface area (Å²) < 4.78 is 10.2. The fourth-order valence-electron chi connectivity index (χ4n) is 3.19. The van der Waals surface area contributed by atoms with Gasteiger partial charge in [0.1, 0.15) is 11.5 Å². The Balaban J connectivity index is 1.84. The summed E-state index contributed by atoms with van der Waals surface area (Å²) in [6.07, 6.45) is 17.6. The molecule has 0 aliphatic carbocycles. The van der Waals surface area contributed by atoms with Gasteiger partial charge in [-0.3, -0.25) is 0 Å². The molecule has 27 heavy (non-hydrogen) atoms. The number of carboxylic acid groups (broad SMARTS) is 1. The number of unbranched alkanes of at least 4 members (excludes halogenated alkanes) is 13. The highest BCUT2D eigenvalue weighted by Gasteiger charge is 2.01. The molecule has 0 amide bonds. The molecular formula is C23H38O4. The largest absolute Gasteiger partial charge is 0.511 e. The van der Waals surface area contributed by atoms with Crippen molar-refractivity contribution in [2.45, 2.75) is 96.8 Å². The third-order valence-corrected chi connectivity index (χ3v) is 4.80. The zero-order chi connectivity index (χ0) is 19.6. The minimum absolute atomic E-state index is 0.311. The van der Waals surface area contributed by atoms with Gasteiger partial charge in [0, 0.05) is 0 Å². The molecular weight excluding hydrogens is 340 g/mol. The maximum absolute atomic E-state index is 10.4. The first kappa shape index (κ1) is 23.3. The summed E-state index contributed by atoms with van der Waals surface area (Å²) in [4.78, 5) is 10.4. The van der Waals surface area contributed by atoms with E-state index in [1.54, 1.807) is 24.3 Å². The van der Waals surface area contributed by atoms with Gasteiger partial charge >= 0.3 is 6.16 Å². The highest BCUT2D eigenvalue weighted by molar-refractivity contribution is 5.61. The van der Waals surface area contributed by atoms with Crippen molar-refractivity contribution in [3.05, 3.63) is 24.3 Å². The Morgan fingerprint density at radius 2 is 1.11 bits per heavy atom. The van der Waals surface area contributed by atoms with Gasteiger partial charge in [-0.25, -0.2) is 4.79 Å². The Morgan fingerprint density at radius 3 is 1.56 bits per heavy atom. The summed E-state index contributed by atoms with van der Waals surface area (Å²) in [6, 6.07) is 6.69. The van der Waals surface area contributed by atoms with Gasteiger partial charge in [-0.1, -0.05) is 90.4 Å². The second-order valence-corrected chi connectivity index (χ2v) is 7.28. The topological polar surface area (TPSA) is 55.8 Å². The lowest BCUT2D eigenvalue weighted by atomic mass is 10.0. The molecule has 0 fully saturated rings. The monoisotopic (exact) mass is 378 g/mol. The van der Waals surface area contributed by atoms with Crippen LogP contribution in [0.3, 0.4) is 0 Å². The molecule has 0 saturated carbocycles. The SMILES string of the molecule is CCCCCCCCCCCCCCCCOc1ccc(OC(=O)O)cc1. The maximum atomic E-state index is 10.4. The lowest BCUT2D eigenvalue weighted by Crippen LogP contribution is -2.03. The minimum atomic E-state index is -1.30. The van der Waals surface area contributed by atoms with Gasteiger partial charge < -0.3 is 14.6 Å². The molecule has 0 aliphatic rings. The van der Waals surface area contributed by atoms with Crippen LogP contribution < -0.4 is 9.47 Å². The average Bonchev–Trinajstić information content (AvgIpc) is 2.66. The molecule has 0 unspecified atom stereocenters. The molecule has 1 aromatic carbocycles. The van der Waals surface area contributed by atoms with Crippen LogP contribution in [0, 0.1) is 0 Å². The number of hydrogen-bond acceptors (Lipinski definition) is 3. The minimum Gasteiger partial charge on any atom is -0.494 e. The van der Waals surface area contributed by atoms with Gasteiger partial charge in [0.15, 0.2) is 0 Å². The predicted octanol–water partition coefficient (Wildman–Crippen LogP) is 7.60. The van der Waals surface area contributed by atoms with Crippen molar-refractivity contribution in [2.75, 3.05) is 6.61 Å². The summed E-state index contributed by atoms with van der Waals surface area (Å²) in [6.45, 7) is 2.98. The highest BCUT2D eigenvalue weighted by Crippen LogP contribution is 2.18. The first-order chi connectivity index (χ1) is 13.2. The molecule has 154 valence electrons. The van der Waals surface area contributed by atoms with E-state index in [0.717, 1.165) is 12.2 Å². The van der Waals surface area contributed by atoms with Crippen molar-refractivity contribution in [2.24, 2.45) is 0 Å². The van der Waals surface area contributed by atoms with Crippen molar-refractivity contribution >= 4 is 6.16 Å². The standard InChI is InChI=1S/C23H38O4/c1-2-3-4-5-6-7-8-9-10-11-12-13-14-15-20-26-21-16-18-22(19-17-21)27-23(24)25/h16-19H,2-15,20H2,1H3,(H,24,25). The van der Waals surface area contributed by atoms with Crippen LogP contribution in [0.1, 0.15) is 96.8 Å². The zero-order valence-electron chi connectivity index (χ0n) is 17.1. The van der Waals surface area contributed by atoms with Gasteiger partial charge in [-0.05, 0) is 30.7 Å². The van der Waals surface area contributed by atoms with E-state index in [9.17, 15) is 4.79 Å². The van der Waals surface area contributed by atoms with Gasteiger partial charge in [0.05, 0.1) is 6.61 Å². The fourth-order valence-corrected chi connectivity index (χ4v) is 3.19. The number of hydrogen-bond donors (Lipinski definition) is 1. The van der Waals surface area contributed by atoms with Gasteiger partial charge in [0.2, 0.25) is 0 Å². The lowest BCUT2D eigenvalue weighted by molar-refractivity contribution is 0.144. The maximum Gasteiger partial charge on any atom is 0.511 e. The Labute approximate surface area is 165 Å². The molecule has 0 aliphatic heterocycles. The van der Waals surface area contributed by atoms with E-state index < -0.39 is 6.16 Å². The van der Waals surface area contributed by atoms with Crippen LogP contribution in [0.5, 0.6) is 11.5 Å². The second kappa shape index (κ2) is 16.5. The highest BCUT2D eigenvalue weighted by atomic mass is 16.7. The Hall–Kier alpha value is -1.71. The molecule has 0 saturated heterocycles. The summed E-state index contributed by atoms with van der Waals surface area (Å²) in [5.41, 5.74) is 0. The van der Waals surface area contributed by atoms with Crippen LogP contribution >= 0.6 is 0 Å². The molecule has 4 nitrogen and oxygen atoms in total. The van der Waals surface area contributed by atoms with Crippen LogP contribution in [-0.2, 0) is 0 Å². The van der Waals surface area contributed by atoms with E-state index >= 15 is 0 Å². The van der Waals surface area contributed by atoms with Crippen molar-refractivity contribution < 1.29 is 19.4 Å². The first-order valence-corrected chi connectivity index (χ1v) is 10.9. The van der Waals surface area contributed by atoms with E-state index in [-0.39, 0.29) is 0 Å². The fraction of sp³-hybridized carbons (Fsp3) is 0.696. The van der Waals surface area contributed by atoms with E-state index in [2.05, 4.69) is 11.7 Å². The smallest absolute Gasteiger partial charge is 0.494 e. The summed E-state index contributed by atoms with van der Waals surface area (Å²) in [5, 5.41) is 8.53. The Bertz CT molecular complexity index is 470. The third-order valence-electron chi connectivity index (χ3n) is 4.80. The van der Waals surface area contributed by atoms with Crippen LogP contribution in [-0.4, -0.2) is 17.9 Å². The van der Waals surface area contributed by atoms with E-state index in [4.69, 9.17) is 9.84 Å². The number of ether oxygens (including phenoxy) is 2. The summed E-state index contributed by atoms with van der Waals surface area (Å²) in [7, 11) is 0. The Kier molecular flexibility index (Phi) is 14.2. The van der Waals surface area contributed by atoms with E-state index in [1.165, 1.54) is 83.5 Å². The quantitative estimate of drug-likeness (QED) is 0.172. The van der Waals surface area contributed by atoms with Gasteiger partial charge in [-0.2, -0.15) is 0 Å². The molecule has 4 heteroatoms. The predicted molar refractivity (Wildman–Crippen MR) is 111 cm³/mol. The molecule has 0 radical (unpaired) electrons. The molecule has 0 atom stereocenters. The van der Waals surface area contributed by atoms with Crippen molar-refractivity contribution in [1.29, 1.82) is 0 Å². The van der Waals surface area contributed by atoms with E-state index in [1.807, 2.05) is 0 Å². The third kappa shape index (κ3) is 14.1. The number of carbonyl (C=O) groups is 1. The van der Waals surface area contributed by atoms with Crippen LogP contribution in [0.2, 0.25) is 0 Å². The average molecular weight is 379 g/mol. The summed E-state index contributed by atoms with van der Waals surface area (Å²) in [5.74, 6) is 1.06. The zero-order valence-corrected chi connectivity index (χ0v) is 17.1. The molecule has 0 bridgehead atoms. The molecule has 0 aromatic heterocycles. The second-order valence-electron chi connectivity index (χ2n) is 7.28. The molecule has 0 heterocycles. The molecule has 0 spiro atoms. The van der Waals surface area contributed by atoms with Gasteiger partial charge in [-0.15, -0.1) is 0 Å². The van der Waals surface area contributed by atoms with Crippen LogP contribution in [0.4, 0.5) is 4.79 Å². The van der Waals surface area contributed by atoms with E-state index in [0.29, 0.717) is 12.4 Å². The lowest BCUT2D eigenvalue weighted by Gasteiger charge is -2.07.